The first-order chi connectivity index (χ1) is 19.3. The number of aromatic nitrogens is 3. The number of methoxy groups -OCH3 is 1. The highest BCUT2D eigenvalue weighted by molar-refractivity contribution is 5.95. The summed E-state index contributed by atoms with van der Waals surface area (Å²) in [6.07, 6.45) is 4.46. The van der Waals surface area contributed by atoms with Gasteiger partial charge in [0.15, 0.2) is 5.65 Å². The fraction of sp³-hybridized carbons (Fsp3) is 0.360. The van der Waals surface area contributed by atoms with Gasteiger partial charge in [-0.2, -0.15) is 0 Å². The van der Waals surface area contributed by atoms with Gasteiger partial charge in [0.25, 0.3) is 5.91 Å². The number of cyclic esters (lactones) is 1. The Hall–Kier alpha value is -4.95. The fourth-order valence-electron chi connectivity index (χ4n) is 4.54. The molecule has 4 amide bonds. The molecule has 5 rings (SSSR count). The molecule has 14 nitrogen and oxygen atoms in total. The standard InChI is InChI=1S/C25H27FN8O6/c1-39-24(37)29-11-17-14-34(25(38)40-17)16-2-3-20(18(26)10-16)31-6-8-32(9-7-31)22(35)13-28-23(36)19-15-33-5-4-27-12-21(33)30-19/h2-5,10,12,15,17H,6-9,11,13-14H2,1H3,(H,28,36)(H,29,37)/t17-/m0/s1. The molecule has 0 radical (unpaired) electrons. The number of carbonyl (C=O) groups excluding carboxylic acids is 4. The summed E-state index contributed by atoms with van der Waals surface area (Å²) in [4.78, 5) is 61.5. The second-order valence-electron chi connectivity index (χ2n) is 9.14. The Morgan fingerprint density at radius 1 is 1.18 bits per heavy atom. The number of nitrogens with one attached hydrogen (secondary N) is 2. The van der Waals surface area contributed by atoms with Crippen molar-refractivity contribution in [2.75, 3.05) is 62.7 Å². The number of ether oxygens (including phenoxy) is 2. The quantitative estimate of drug-likeness (QED) is 0.429. The first kappa shape index (κ1) is 26.6. The Bertz CT molecular complexity index is 1410. The first-order valence-electron chi connectivity index (χ1n) is 12.5. The smallest absolute Gasteiger partial charge is 0.414 e. The Kier molecular flexibility index (Phi) is 7.61. The van der Waals surface area contributed by atoms with Crippen molar-refractivity contribution in [2.45, 2.75) is 6.10 Å². The average Bonchev–Trinajstić information content (AvgIpc) is 3.58. The topological polar surface area (TPSA) is 151 Å². The zero-order valence-electron chi connectivity index (χ0n) is 21.6. The molecule has 0 unspecified atom stereocenters. The van der Waals surface area contributed by atoms with Gasteiger partial charge in [-0.1, -0.05) is 0 Å². The summed E-state index contributed by atoms with van der Waals surface area (Å²) in [6.45, 7) is 1.52. The van der Waals surface area contributed by atoms with Crippen molar-refractivity contribution in [3.63, 3.8) is 0 Å². The van der Waals surface area contributed by atoms with Crippen molar-refractivity contribution < 1.29 is 33.0 Å². The van der Waals surface area contributed by atoms with E-state index in [2.05, 4.69) is 25.3 Å². The van der Waals surface area contributed by atoms with Gasteiger partial charge >= 0.3 is 12.2 Å². The van der Waals surface area contributed by atoms with E-state index < -0.39 is 30.0 Å². The van der Waals surface area contributed by atoms with Crippen molar-refractivity contribution in [3.8, 4) is 0 Å². The number of alkyl carbamates (subject to hydrolysis) is 1. The highest BCUT2D eigenvalue weighted by Crippen LogP contribution is 2.28. The number of fused-ring (bicyclic) bond motifs is 1. The summed E-state index contributed by atoms with van der Waals surface area (Å²) >= 11 is 0. The van der Waals surface area contributed by atoms with Gasteiger partial charge in [-0.05, 0) is 18.2 Å². The molecular weight excluding hydrogens is 527 g/mol. The van der Waals surface area contributed by atoms with E-state index in [1.54, 1.807) is 40.0 Å². The number of rotatable bonds is 7. The molecule has 2 saturated heterocycles. The molecule has 0 bridgehead atoms. The third-order valence-corrected chi connectivity index (χ3v) is 6.65. The van der Waals surface area contributed by atoms with Gasteiger partial charge in [0, 0.05) is 44.8 Å². The van der Waals surface area contributed by atoms with Crippen LogP contribution in [0, 0.1) is 5.82 Å². The third-order valence-electron chi connectivity index (χ3n) is 6.65. The van der Waals surface area contributed by atoms with Crippen LogP contribution >= 0.6 is 0 Å². The number of benzene rings is 1. The summed E-state index contributed by atoms with van der Waals surface area (Å²) < 4.78 is 26.5. The number of hydrogen-bond acceptors (Lipinski definition) is 9. The van der Waals surface area contributed by atoms with Crippen molar-refractivity contribution in [3.05, 3.63) is 54.5 Å². The molecule has 2 N–H and O–H groups in total. The summed E-state index contributed by atoms with van der Waals surface area (Å²) in [5, 5.41) is 5.06. The molecule has 2 aliphatic rings. The lowest BCUT2D eigenvalue weighted by atomic mass is 10.2. The Labute approximate surface area is 227 Å². The van der Waals surface area contributed by atoms with Crippen LogP contribution in [0.4, 0.5) is 25.4 Å². The zero-order chi connectivity index (χ0) is 28.2. The molecule has 4 heterocycles. The molecule has 2 aliphatic heterocycles. The van der Waals surface area contributed by atoms with Gasteiger partial charge in [-0.3, -0.25) is 19.5 Å². The van der Waals surface area contributed by atoms with Gasteiger partial charge in [-0.25, -0.2) is 19.0 Å². The minimum atomic E-state index is -0.641. The summed E-state index contributed by atoms with van der Waals surface area (Å²) in [5.74, 6) is -1.24. The number of amides is 4. The SMILES string of the molecule is COC(=O)NC[C@H]1CN(c2ccc(N3CCN(C(=O)CNC(=O)c4cn5ccncc5n4)CC3)c(F)c2)C(=O)O1. The van der Waals surface area contributed by atoms with Crippen molar-refractivity contribution >= 4 is 41.0 Å². The molecule has 15 heteroatoms. The van der Waals surface area contributed by atoms with Crippen LogP contribution in [0.5, 0.6) is 0 Å². The van der Waals surface area contributed by atoms with Crippen LogP contribution in [-0.4, -0.2) is 102 Å². The van der Waals surface area contributed by atoms with Crippen LogP contribution < -0.4 is 20.4 Å². The number of nitrogens with zero attached hydrogens (tertiary/aromatic N) is 6. The Morgan fingerprint density at radius 2 is 1.98 bits per heavy atom. The average molecular weight is 555 g/mol. The van der Waals surface area contributed by atoms with Crippen LogP contribution in [0.25, 0.3) is 5.65 Å². The molecule has 210 valence electrons. The van der Waals surface area contributed by atoms with Crippen LogP contribution in [0.15, 0.2) is 43.0 Å². The number of halogens is 1. The van der Waals surface area contributed by atoms with Gasteiger partial charge in [0.05, 0.1) is 44.3 Å². The highest BCUT2D eigenvalue weighted by Gasteiger charge is 2.33. The second-order valence-corrected chi connectivity index (χ2v) is 9.14. The van der Waals surface area contributed by atoms with Gasteiger partial charge < -0.3 is 34.3 Å². The largest absolute Gasteiger partial charge is 0.453 e. The fourth-order valence-corrected chi connectivity index (χ4v) is 4.54. The van der Waals surface area contributed by atoms with E-state index in [1.165, 1.54) is 24.3 Å². The number of carbonyl (C=O) groups is 4. The highest BCUT2D eigenvalue weighted by atomic mass is 19.1. The lowest BCUT2D eigenvalue weighted by Gasteiger charge is -2.36. The van der Waals surface area contributed by atoms with Crippen molar-refractivity contribution in [2.24, 2.45) is 0 Å². The van der Waals surface area contributed by atoms with E-state index in [0.29, 0.717) is 43.2 Å². The maximum Gasteiger partial charge on any atom is 0.414 e. The van der Waals surface area contributed by atoms with Gasteiger partial charge in [-0.15, -0.1) is 0 Å². The lowest BCUT2D eigenvalue weighted by molar-refractivity contribution is -0.130. The maximum absolute atomic E-state index is 15.1. The lowest BCUT2D eigenvalue weighted by Crippen LogP contribution is -2.51. The monoisotopic (exact) mass is 554 g/mol. The second kappa shape index (κ2) is 11.4. The van der Waals surface area contributed by atoms with E-state index >= 15 is 4.39 Å². The molecule has 0 saturated carbocycles. The van der Waals surface area contributed by atoms with Gasteiger partial charge in [0.2, 0.25) is 5.91 Å². The number of imidazole rings is 1. The number of piperazine rings is 1. The summed E-state index contributed by atoms with van der Waals surface area (Å²) in [7, 11) is 1.23. The number of anilines is 2. The zero-order valence-corrected chi connectivity index (χ0v) is 21.6. The molecule has 40 heavy (non-hydrogen) atoms. The van der Waals surface area contributed by atoms with E-state index in [-0.39, 0.29) is 31.2 Å². The van der Waals surface area contributed by atoms with Crippen LogP contribution in [-0.2, 0) is 14.3 Å². The first-order valence-corrected chi connectivity index (χ1v) is 12.5. The van der Waals surface area contributed by atoms with Crippen molar-refractivity contribution in [1.82, 2.24) is 29.9 Å². The van der Waals surface area contributed by atoms with E-state index in [0.717, 1.165) is 0 Å². The normalized spacial score (nSPS) is 17.1. The Morgan fingerprint density at radius 3 is 2.70 bits per heavy atom. The number of hydrogen-bond donors (Lipinski definition) is 2. The predicted molar refractivity (Wildman–Crippen MR) is 139 cm³/mol. The molecule has 2 aromatic heterocycles. The predicted octanol–water partition coefficient (Wildman–Crippen LogP) is 0.628. The minimum absolute atomic E-state index is 0.0698. The van der Waals surface area contributed by atoms with Crippen LogP contribution in [0.1, 0.15) is 10.5 Å². The molecule has 0 spiro atoms. The Balaban J connectivity index is 1.11. The van der Waals surface area contributed by atoms with E-state index in [1.807, 2.05) is 4.90 Å². The molecular formula is C25H27FN8O6. The molecule has 2 fully saturated rings. The summed E-state index contributed by atoms with van der Waals surface area (Å²) in [5.41, 5.74) is 1.38. The van der Waals surface area contributed by atoms with Crippen LogP contribution in [0.2, 0.25) is 0 Å². The van der Waals surface area contributed by atoms with Gasteiger partial charge in [0.1, 0.15) is 17.6 Å². The van der Waals surface area contributed by atoms with E-state index in [9.17, 15) is 19.2 Å². The van der Waals surface area contributed by atoms with Crippen LogP contribution in [0.3, 0.4) is 0 Å². The minimum Gasteiger partial charge on any atom is -0.453 e. The van der Waals surface area contributed by atoms with Crippen molar-refractivity contribution in [1.29, 1.82) is 0 Å². The third kappa shape index (κ3) is 5.72. The molecule has 1 atom stereocenters. The van der Waals surface area contributed by atoms with E-state index in [4.69, 9.17) is 4.74 Å². The summed E-state index contributed by atoms with van der Waals surface area (Å²) in [6, 6.07) is 4.47. The maximum atomic E-state index is 15.1. The molecule has 1 aromatic carbocycles. The molecule has 0 aliphatic carbocycles. The molecule has 3 aromatic rings.